The van der Waals surface area contributed by atoms with E-state index in [1.165, 1.54) is 10.5 Å². The van der Waals surface area contributed by atoms with Crippen LogP contribution in [-0.2, 0) is 16.0 Å². The number of nitrogens with zero attached hydrogens (tertiary/aromatic N) is 2. The van der Waals surface area contributed by atoms with Gasteiger partial charge in [0.25, 0.3) is 11.8 Å². The zero-order valence-electron chi connectivity index (χ0n) is 14.5. The van der Waals surface area contributed by atoms with E-state index in [0.717, 1.165) is 17.7 Å². The van der Waals surface area contributed by atoms with E-state index >= 15 is 0 Å². The lowest BCUT2D eigenvalue weighted by atomic mass is 10.1. The number of nitrogens with one attached hydrogen (secondary N) is 1. The van der Waals surface area contributed by atoms with Crippen LogP contribution >= 0.6 is 23.8 Å². The van der Waals surface area contributed by atoms with Crippen molar-refractivity contribution in [3.63, 3.8) is 0 Å². The highest BCUT2D eigenvalue weighted by Gasteiger charge is 2.35. The van der Waals surface area contributed by atoms with Gasteiger partial charge in [-0.25, -0.2) is 0 Å². The molecule has 1 N–H and O–H groups in total. The quantitative estimate of drug-likeness (QED) is 0.479. The Labute approximate surface area is 167 Å². The van der Waals surface area contributed by atoms with Gasteiger partial charge in [-0.05, 0) is 54.9 Å². The molecule has 0 radical (unpaired) electrons. The van der Waals surface area contributed by atoms with Gasteiger partial charge in [0.05, 0.1) is 5.69 Å². The SMILES string of the molecule is Cc1ccc(N2C(=O)/C(=C/N3CCc4ccccc43)C(=O)NC2=S)cc1Cl. The number of benzene rings is 2. The predicted molar refractivity (Wildman–Crippen MR) is 110 cm³/mol. The first-order chi connectivity index (χ1) is 13.0. The van der Waals surface area contributed by atoms with Crippen molar-refractivity contribution in [3.05, 3.63) is 70.4 Å². The molecule has 5 nitrogen and oxygen atoms in total. The van der Waals surface area contributed by atoms with Crippen molar-refractivity contribution < 1.29 is 9.59 Å². The van der Waals surface area contributed by atoms with E-state index in [9.17, 15) is 9.59 Å². The first-order valence-corrected chi connectivity index (χ1v) is 9.26. The number of fused-ring (bicyclic) bond motifs is 1. The van der Waals surface area contributed by atoms with Gasteiger partial charge < -0.3 is 4.90 Å². The van der Waals surface area contributed by atoms with Gasteiger partial charge in [-0.2, -0.15) is 0 Å². The number of amides is 2. The molecule has 2 aliphatic heterocycles. The van der Waals surface area contributed by atoms with Crippen LogP contribution in [0.5, 0.6) is 0 Å². The molecule has 0 aliphatic carbocycles. The summed E-state index contributed by atoms with van der Waals surface area (Å²) in [6.45, 7) is 2.59. The average molecular weight is 398 g/mol. The van der Waals surface area contributed by atoms with Crippen LogP contribution in [-0.4, -0.2) is 23.5 Å². The topological polar surface area (TPSA) is 52.7 Å². The molecule has 4 rings (SSSR count). The van der Waals surface area contributed by atoms with Gasteiger partial charge in [0.1, 0.15) is 5.57 Å². The van der Waals surface area contributed by atoms with Crippen molar-refractivity contribution in [3.8, 4) is 0 Å². The Morgan fingerprint density at radius 1 is 1.19 bits per heavy atom. The van der Waals surface area contributed by atoms with Gasteiger partial charge in [0, 0.05) is 23.5 Å². The molecule has 7 heteroatoms. The number of hydrogen-bond donors (Lipinski definition) is 1. The summed E-state index contributed by atoms with van der Waals surface area (Å²) in [5.74, 6) is -0.961. The van der Waals surface area contributed by atoms with Gasteiger partial charge in [-0.3, -0.25) is 19.8 Å². The van der Waals surface area contributed by atoms with Gasteiger partial charge in [-0.15, -0.1) is 0 Å². The van der Waals surface area contributed by atoms with Crippen molar-refractivity contribution in [2.75, 3.05) is 16.3 Å². The van der Waals surface area contributed by atoms with Crippen molar-refractivity contribution in [2.45, 2.75) is 13.3 Å². The van der Waals surface area contributed by atoms with Gasteiger partial charge in [0.2, 0.25) is 0 Å². The molecule has 1 fully saturated rings. The number of rotatable bonds is 2. The summed E-state index contributed by atoms with van der Waals surface area (Å²) in [6.07, 6.45) is 2.47. The molecule has 0 unspecified atom stereocenters. The summed E-state index contributed by atoms with van der Waals surface area (Å²) >= 11 is 11.4. The predicted octanol–water partition coefficient (Wildman–Crippen LogP) is 3.34. The lowest BCUT2D eigenvalue weighted by molar-refractivity contribution is -0.122. The van der Waals surface area contributed by atoms with Crippen LogP contribution < -0.4 is 15.1 Å². The molecule has 2 amide bonds. The molecule has 2 aromatic carbocycles. The second kappa shape index (κ2) is 6.79. The maximum absolute atomic E-state index is 13.1. The third kappa shape index (κ3) is 3.11. The minimum atomic E-state index is -0.496. The number of anilines is 2. The Kier molecular flexibility index (Phi) is 4.45. The van der Waals surface area contributed by atoms with Crippen molar-refractivity contribution >= 4 is 52.1 Å². The molecular formula is C20H16ClN3O2S. The number of para-hydroxylation sites is 1. The van der Waals surface area contributed by atoms with Crippen LogP contribution in [0.1, 0.15) is 11.1 Å². The van der Waals surface area contributed by atoms with Crippen molar-refractivity contribution in [1.29, 1.82) is 0 Å². The first kappa shape index (κ1) is 17.7. The van der Waals surface area contributed by atoms with E-state index in [2.05, 4.69) is 5.32 Å². The number of hydrogen-bond acceptors (Lipinski definition) is 4. The fourth-order valence-electron chi connectivity index (χ4n) is 3.25. The standard InChI is InChI=1S/C20H16ClN3O2S/c1-12-6-7-14(10-16(12)21)24-19(26)15(18(25)22-20(24)27)11-23-9-8-13-4-2-3-5-17(13)23/h2-7,10-11H,8-9H2,1H3,(H,22,25,27)/b15-11+. The Balaban J connectivity index is 1.71. The van der Waals surface area contributed by atoms with E-state index in [1.54, 1.807) is 18.3 Å². The van der Waals surface area contributed by atoms with E-state index in [0.29, 0.717) is 17.3 Å². The fraction of sp³-hybridized carbons (Fsp3) is 0.150. The maximum atomic E-state index is 13.1. The number of aryl methyl sites for hydroxylation is 1. The first-order valence-electron chi connectivity index (χ1n) is 8.48. The molecule has 1 saturated heterocycles. The van der Waals surface area contributed by atoms with E-state index in [4.69, 9.17) is 23.8 Å². The summed E-state index contributed by atoms with van der Waals surface area (Å²) in [6, 6.07) is 13.2. The zero-order chi connectivity index (χ0) is 19.1. The van der Waals surface area contributed by atoms with Crippen LogP contribution in [0, 0.1) is 6.92 Å². The summed E-state index contributed by atoms with van der Waals surface area (Å²) in [7, 11) is 0. The van der Waals surface area contributed by atoms with E-state index < -0.39 is 11.8 Å². The Bertz CT molecular complexity index is 1020. The third-order valence-corrected chi connectivity index (χ3v) is 5.42. The Morgan fingerprint density at radius 2 is 1.96 bits per heavy atom. The summed E-state index contributed by atoms with van der Waals surface area (Å²) in [5, 5.41) is 3.17. The lowest BCUT2D eigenvalue weighted by Crippen LogP contribution is -2.54. The fourth-order valence-corrected chi connectivity index (χ4v) is 3.71. The molecule has 0 aromatic heterocycles. The minimum Gasteiger partial charge on any atom is -0.346 e. The largest absolute Gasteiger partial charge is 0.346 e. The molecular weight excluding hydrogens is 382 g/mol. The Morgan fingerprint density at radius 3 is 2.74 bits per heavy atom. The van der Waals surface area contributed by atoms with Crippen LogP contribution in [0.2, 0.25) is 5.02 Å². The van der Waals surface area contributed by atoms with Crippen LogP contribution in [0.4, 0.5) is 11.4 Å². The molecule has 2 aliphatic rings. The monoisotopic (exact) mass is 397 g/mol. The normalized spacial score (nSPS) is 18.1. The van der Waals surface area contributed by atoms with Crippen LogP contribution in [0.15, 0.2) is 54.2 Å². The molecule has 0 saturated carbocycles. The average Bonchev–Trinajstić information content (AvgIpc) is 3.04. The van der Waals surface area contributed by atoms with Crippen molar-refractivity contribution in [2.24, 2.45) is 0 Å². The summed E-state index contributed by atoms with van der Waals surface area (Å²) < 4.78 is 0. The number of carbonyl (C=O) groups excluding carboxylic acids is 2. The van der Waals surface area contributed by atoms with Crippen LogP contribution in [0.25, 0.3) is 0 Å². The molecule has 2 aromatic rings. The smallest absolute Gasteiger partial charge is 0.271 e. The maximum Gasteiger partial charge on any atom is 0.271 e. The third-order valence-electron chi connectivity index (χ3n) is 4.72. The molecule has 0 bridgehead atoms. The highest BCUT2D eigenvalue weighted by Crippen LogP contribution is 2.30. The Hall–Kier alpha value is -2.70. The molecule has 27 heavy (non-hydrogen) atoms. The highest BCUT2D eigenvalue weighted by atomic mass is 35.5. The van der Waals surface area contributed by atoms with E-state index in [-0.39, 0.29) is 10.7 Å². The summed E-state index contributed by atoms with van der Waals surface area (Å²) in [4.78, 5) is 28.8. The molecule has 2 heterocycles. The van der Waals surface area contributed by atoms with Crippen molar-refractivity contribution in [1.82, 2.24) is 5.32 Å². The number of halogens is 1. The molecule has 136 valence electrons. The highest BCUT2D eigenvalue weighted by molar-refractivity contribution is 7.80. The minimum absolute atomic E-state index is 0.0389. The number of thiocarbonyl (C=S) groups is 1. The second-order valence-electron chi connectivity index (χ2n) is 6.45. The van der Waals surface area contributed by atoms with Gasteiger partial charge in [0.15, 0.2) is 5.11 Å². The zero-order valence-corrected chi connectivity index (χ0v) is 16.1. The van der Waals surface area contributed by atoms with Gasteiger partial charge >= 0.3 is 0 Å². The molecule has 0 spiro atoms. The lowest BCUT2D eigenvalue weighted by Gasteiger charge is -2.30. The number of carbonyl (C=O) groups is 2. The summed E-state index contributed by atoms with van der Waals surface area (Å²) in [5.41, 5.74) is 3.65. The van der Waals surface area contributed by atoms with Gasteiger partial charge in [-0.1, -0.05) is 35.9 Å². The molecule has 0 atom stereocenters. The van der Waals surface area contributed by atoms with Crippen LogP contribution in [0.3, 0.4) is 0 Å². The van der Waals surface area contributed by atoms with E-state index in [1.807, 2.05) is 42.2 Å². The second-order valence-corrected chi connectivity index (χ2v) is 7.24.